The molecule has 2 heterocycles. The first-order valence-electron chi connectivity index (χ1n) is 11.4. The second kappa shape index (κ2) is 9.59. The summed E-state index contributed by atoms with van der Waals surface area (Å²) in [5.74, 6) is -0.110. The molecule has 1 N–H and O–H groups in total. The number of aliphatic hydroxyl groups is 1. The molecule has 188 valence electrons. The van der Waals surface area contributed by atoms with Crippen LogP contribution in [0.1, 0.15) is 22.7 Å². The first-order chi connectivity index (χ1) is 17.9. The van der Waals surface area contributed by atoms with Crippen LogP contribution in [0.3, 0.4) is 0 Å². The Labute approximate surface area is 217 Å². The van der Waals surface area contributed by atoms with Crippen LogP contribution in [-0.4, -0.2) is 43.1 Å². The highest BCUT2D eigenvalue weighted by Crippen LogP contribution is 2.46. The fourth-order valence-electron chi connectivity index (χ4n) is 4.52. The Kier molecular flexibility index (Phi) is 6.31. The Morgan fingerprint density at radius 3 is 2.41 bits per heavy atom. The summed E-state index contributed by atoms with van der Waals surface area (Å²) in [6.07, 6.45) is 0. The van der Waals surface area contributed by atoms with E-state index in [1.165, 1.54) is 23.3 Å². The van der Waals surface area contributed by atoms with Gasteiger partial charge in [-0.15, -0.1) is 0 Å². The second-order valence-electron chi connectivity index (χ2n) is 8.43. The summed E-state index contributed by atoms with van der Waals surface area (Å²) in [5, 5.41) is 11.8. The highest BCUT2D eigenvalue weighted by molar-refractivity contribution is 7.22. The van der Waals surface area contributed by atoms with Crippen molar-refractivity contribution in [2.24, 2.45) is 0 Å². The lowest BCUT2D eigenvalue weighted by Crippen LogP contribution is -2.29. The Morgan fingerprint density at radius 2 is 1.70 bits per heavy atom. The monoisotopic (exact) mass is 516 g/mol. The standard InChI is InChI=1S/C28H24N2O6S/c1-15-13-16(9-12-20(15)35-3)25(31)23-24(18-7-5-6-8-21(18)36-4)30(27(33)26(23)32)28-29-19-11-10-17(34-2)14-22(19)37-28/h5-14,24,31H,1-4H3/b25-23+. The normalized spacial score (nSPS) is 16.9. The summed E-state index contributed by atoms with van der Waals surface area (Å²) in [7, 11) is 4.65. The highest BCUT2D eigenvalue weighted by Gasteiger charge is 2.49. The van der Waals surface area contributed by atoms with Gasteiger partial charge in [0.15, 0.2) is 5.13 Å². The van der Waals surface area contributed by atoms with E-state index >= 15 is 0 Å². The third-order valence-corrected chi connectivity index (χ3v) is 7.35. The van der Waals surface area contributed by atoms with Crippen molar-refractivity contribution in [3.63, 3.8) is 0 Å². The van der Waals surface area contributed by atoms with Gasteiger partial charge >= 0.3 is 5.91 Å². The molecule has 5 rings (SSSR count). The molecule has 4 aromatic rings. The van der Waals surface area contributed by atoms with Crippen molar-refractivity contribution in [1.82, 2.24) is 4.98 Å². The second-order valence-corrected chi connectivity index (χ2v) is 9.43. The van der Waals surface area contributed by atoms with Crippen LogP contribution in [-0.2, 0) is 9.59 Å². The average Bonchev–Trinajstić information content (AvgIpc) is 3.45. The molecule has 8 nitrogen and oxygen atoms in total. The van der Waals surface area contributed by atoms with Crippen LogP contribution in [0.4, 0.5) is 5.13 Å². The van der Waals surface area contributed by atoms with Crippen LogP contribution >= 0.6 is 11.3 Å². The molecule has 9 heteroatoms. The number of carbonyl (C=O) groups is 2. The van der Waals surface area contributed by atoms with Crippen molar-refractivity contribution in [1.29, 1.82) is 0 Å². The minimum atomic E-state index is -0.957. The molecule has 1 saturated heterocycles. The predicted molar refractivity (Wildman–Crippen MR) is 142 cm³/mol. The molecule has 1 fully saturated rings. The lowest BCUT2D eigenvalue weighted by Gasteiger charge is -2.24. The molecule has 0 bridgehead atoms. The first-order valence-corrected chi connectivity index (χ1v) is 12.2. The Morgan fingerprint density at radius 1 is 0.946 bits per heavy atom. The fraction of sp³-hybridized carbons (Fsp3) is 0.179. The van der Waals surface area contributed by atoms with Gasteiger partial charge < -0.3 is 19.3 Å². The topological polar surface area (TPSA) is 98.2 Å². The van der Waals surface area contributed by atoms with E-state index in [9.17, 15) is 14.7 Å². The van der Waals surface area contributed by atoms with Crippen molar-refractivity contribution < 1.29 is 28.9 Å². The van der Waals surface area contributed by atoms with Crippen molar-refractivity contribution >= 4 is 44.1 Å². The number of ketones is 1. The van der Waals surface area contributed by atoms with Crippen LogP contribution in [0.15, 0.2) is 66.2 Å². The Balaban J connectivity index is 1.74. The SMILES string of the molecule is COc1ccc2nc(N3C(=O)C(=O)/C(=C(/O)c4ccc(OC)c(C)c4)C3c3ccccc3OC)sc2c1. The van der Waals surface area contributed by atoms with Crippen molar-refractivity contribution in [2.75, 3.05) is 26.2 Å². The number of nitrogens with zero attached hydrogens (tertiary/aromatic N) is 2. The quantitative estimate of drug-likeness (QED) is 0.212. The Hall–Kier alpha value is -4.37. The van der Waals surface area contributed by atoms with Crippen LogP contribution in [0.2, 0.25) is 0 Å². The van der Waals surface area contributed by atoms with Gasteiger partial charge in [-0.25, -0.2) is 4.98 Å². The van der Waals surface area contributed by atoms with E-state index in [1.54, 1.807) is 68.8 Å². The number of methoxy groups -OCH3 is 3. The van der Waals surface area contributed by atoms with E-state index in [2.05, 4.69) is 4.98 Å². The number of aliphatic hydroxyl groups excluding tert-OH is 1. The molecule has 0 aliphatic carbocycles. The summed E-state index contributed by atoms with van der Waals surface area (Å²) in [4.78, 5) is 33.0. The molecule has 1 amide bonds. The number of hydrogen-bond acceptors (Lipinski definition) is 8. The molecular formula is C28H24N2O6S. The molecule has 1 unspecified atom stereocenters. The number of carbonyl (C=O) groups excluding carboxylic acids is 2. The average molecular weight is 517 g/mol. The van der Waals surface area contributed by atoms with Gasteiger partial charge in [0.2, 0.25) is 0 Å². The van der Waals surface area contributed by atoms with Gasteiger partial charge in [-0.1, -0.05) is 29.5 Å². The number of aromatic nitrogens is 1. The minimum Gasteiger partial charge on any atom is -0.507 e. The molecule has 0 radical (unpaired) electrons. The zero-order chi connectivity index (χ0) is 26.3. The maximum Gasteiger partial charge on any atom is 0.301 e. The van der Waals surface area contributed by atoms with Gasteiger partial charge in [0, 0.05) is 11.1 Å². The summed E-state index contributed by atoms with van der Waals surface area (Å²) in [5.41, 5.74) is 2.33. The number of hydrogen-bond donors (Lipinski definition) is 1. The van der Waals surface area contributed by atoms with E-state index in [0.717, 1.165) is 10.3 Å². The van der Waals surface area contributed by atoms with Gasteiger partial charge in [-0.05, 0) is 55.0 Å². The molecule has 0 spiro atoms. The van der Waals surface area contributed by atoms with Crippen molar-refractivity contribution in [3.05, 3.63) is 82.9 Å². The number of benzene rings is 3. The largest absolute Gasteiger partial charge is 0.507 e. The molecular weight excluding hydrogens is 492 g/mol. The van der Waals surface area contributed by atoms with Gasteiger partial charge in [0.05, 0.1) is 37.1 Å². The highest BCUT2D eigenvalue weighted by atomic mass is 32.1. The van der Waals surface area contributed by atoms with E-state index < -0.39 is 17.7 Å². The number of rotatable bonds is 6. The van der Waals surface area contributed by atoms with Crippen LogP contribution < -0.4 is 19.1 Å². The molecule has 0 saturated carbocycles. The predicted octanol–water partition coefficient (Wildman–Crippen LogP) is 5.26. The van der Waals surface area contributed by atoms with Crippen LogP contribution in [0.5, 0.6) is 17.2 Å². The Bertz CT molecular complexity index is 1570. The molecule has 37 heavy (non-hydrogen) atoms. The first kappa shape index (κ1) is 24.3. The molecule has 3 aromatic carbocycles. The number of para-hydroxylation sites is 1. The minimum absolute atomic E-state index is 0.0455. The number of Topliss-reactive ketones (excluding diaryl/α,β-unsaturated/α-hetero) is 1. The van der Waals surface area contributed by atoms with Crippen molar-refractivity contribution in [2.45, 2.75) is 13.0 Å². The van der Waals surface area contributed by atoms with E-state index in [0.29, 0.717) is 39.0 Å². The summed E-state index contributed by atoms with van der Waals surface area (Å²) in [6, 6.07) is 16.6. The van der Waals surface area contributed by atoms with Crippen LogP contribution in [0.25, 0.3) is 16.0 Å². The maximum absolute atomic E-state index is 13.5. The number of amides is 1. The zero-order valence-corrected chi connectivity index (χ0v) is 21.5. The third kappa shape index (κ3) is 4.07. The smallest absolute Gasteiger partial charge is 0.301 e. The summed E-state index contributed by atoms with van der Waals surface area (Å²) in [6.45, 7) is 1.83. The van der Waals surface area contributed by atoms with E-state index in [-0.39, 0.29) is 11.3 Å². The fourth-order valence-corrected chi connectivity index (χ4v) is 5.54. The number of aryl methyl sites for hydroxylation is 1. The lowest BCUT2D eigenvalue weighted by molar-refractivity contribution is -0.132. The van der Waals surface area contributed by atoms with Crippen molar-refractivity contribution in [3.8, 4) is 17.2 Å². The van der Waals surface area contributed by atoms with Gasteiger partial charge in [0.1, 0.15) is 29.0 Å². The van der Waals surface area contributed by atoms with E-state index in [1.807, 2.05) is 13.0 Å². The molecule has 1 atom stereocenters. The molecule has 1 aromatic heterocycles. The zero-order valence-electron chi connectivity index (χ0n) is 20.6. The molecule has 1 aliphatic heterocycles. The van der Waals surface area contributed by atoms with Gasteiger partial charge in [-0.2, -0.15) is 0 Å². The number of thiazole rings is 1. The van der Waals surface area contributed by atoms with Gasteiger partial charge in [-0.3, -0.25) is 14.5 Å². The third-order valence-electron chi connectivity index (χ3n) is 6.34. The summed E-state index contributed by atoms with van der Waals surface area (Å²) >= 11 is 1.26. The lowest BCUT2D eigenvalue weighted by atomic mass is 9.94. The molecule has 1 aliphatic rings. The van der Waals surface area contributed by atoms with Gasteiger partial charge in [0.25, 0.3) is 5.78 Å². The number of fused-ring (bicyclic) bond motifs is 1. The summed E-state index contributed by atoms with van der Waals surface area (Å²) < 4.78 is 17.0. The van der Waals surface area contributed by atoms with Crippen LogP contribution in [0, 0.1) is 6.92 Å². The maximum atomic E-state index is 13.5. The number of anilines is 1. The number of ether oxygens (including phenoxy) is 3. The van der Waals surface area contributed by atoms with E-state index in [4.69, 9.17) is 14.2 Å².